The Morgan fingerprint density at radius 1 is 1.55 bits per heavy atom. The predicted octanol–water partition coefficient (Wildman–Crippen LogP) is 1.57. The van der Waals surface area contributed by atoms with Gasteiger partial charge in [0.05, 0.1) is 11.4 Å². The number of likely N-dealkylation sites (N-methyl/N-ethyl adjacent to an activating group) is 1. The van der Waals surface area contributed by atoms with E-state index in [1.807, 2.05) is 13.0 Å². The maximum atomic E-state index is 12.3. The highest BCUT2D eigenvalue weighted by molar-refractivity contribution is 8.00. The van der Waals surface area contributed by atoms with Gasteiger partial charge in [-0.1, -0.05) is 0 Å². The van der Waals surface area contributed by atoms with Gasteiger partial charge in [0.25, 0.3) is 5.91 Å². The van der Waals surface area contributed by atoms with Crippen molar-refractivity contribution in [2.24, 2.45) is 5.73 Å². The van der Waals surface area contributed by atoms with Crippen molar-refractivity contribution in [3.63, 3.8) is 0 Å². The summed E-state index contributed by atoms with van der Waals surface area (Å²) in [5, 5.41) is 2.78. The normalized spacial score (nSPS) is 14.7. The molecule has 0 fully saturated rings. The van der Waals surface area contributed by atoms with Gasteiger partial charge in [-0.05, 0) is 25.1 Å². The number of hydrogen-bond acceptors (Lipinski definition) is 4. The molecule has 0 aromatic heterocycles. The molecule has 0 aliphatic carbocycles. The number of nitrogens with one attached hydrogen (secondary N) is 1. The van der Waals surface area contributed by atoms with Crippen molar-refractivity contribution < 1.29 is 9.59 Å². The first-order chi connectivity index (χ1) is 9.02. The Hall–Kier alpha value is -1.24. The number of thioether (sulfide) groups is 1. The van der Waals surface area contributed by atoms with Crippen LogP contribution in [-0.4, -0.2) is 42.1 Å². The lowest BCUT2D eigenvalue weighted by Gasteiger charge is -2.24. The molecule has 3 N–H and O–H groups in total. The molecule has 2 rings (SSSR count). The van der Waals surface area contributed by atoms with Gasteiger partial charge >= 0.3 is 0 Å². The van der Waals surface area contributed by atoms with E-state index in [0.29, 0.717) is 23.5 Å². The van der Waals surface area contributed by atoms with E-state index < -0.39 is 0 Å². The molecule has 110 valence electrons. The topological polar surface area (TPSA) is 75.4 Å². The summed E-state index contributed by atoms with van der Waals surface area (Å²) in [5.41, 5.74) is 6.83. The number of nitrogens with zero attached hydrogens (tertiary/aromatic N) is 1. The van der Waals surface area contributed by atoms with Crippen molar-refractivity contribution in [3.8, 4) is 0 Å². The van der Waals surface area contributed by atoms with Gasteiger partial charge < -0.3 is 16.0 Å². The number of carbonyl (C=O) groups excluding carboxylic acids is 2. The minimum atomic E-state index is -0.0921. The van der Waals surface area contributed by atoms with Crippen molar-refractivity contribution in [2.75, 3.05) is 24.7 Å². The van der Waals surface area contributed by atoms with Crippen LogP contribution >= 0.6 is 24.2 Å². The van der Waals surface area contributed by atoms with Crippen LogP contribution in [0.1, 0.15) is 17.3 Å². The summed E-state index contributed by atoms with van der Waals surface area (Å²) in [5.74, 6) is 0.293. The molecule has 2 amide bonds. The van der Waals surface area contributed by atoms with E-state index in [9.17, 15) is 9.59 Å². The Morgan fingerprint density at radius 3 is 2.90 bits per heavy atom. The third-order valence-corrected chi connectivity index (χ3v) is 4.26. The first-order valence-corrected chi connectivity index (χ1v) is 7.05. The largest absolute Gasteiger partial charge is 0.338 e. The van der Waals surface area contributed by atoms with Crippen LogP contribution in [0.25, 0.3) is 0 Å². The summed E-state index contributed by atoms with van der Waals surface area (Å²) < 4.78 is 0. The molecular formula is C13H18ClN3O2S. The molecule has 1 unspecified atom stereocenters. The highest BCUT2D eigenvalue weighted by Crippen LogP contribution is 2.32. The Labute approximate surface area is 128 Å². The Kier molecular flexibility index (Phi) is 5.86. The van der Waals surface area contributed by atoms with Gasteiger partial charge in [0.15, 0.2) is 0 Å². The molecule has 5 nitrogen and oxygen atoms in total. The molecule has 0 saturated carbocycles. The first-order valence-electron chi connectivity index (χ1n) is 6.07. The number of halogens is 1. The molecule has 20 heavy (non-hydrogen) atoms. The number of benzene rings is 1. The van der Waals surface area contributed by atoms with Gasteiger partial charge in [0, 0.05) is 30.1 Å². The second-order valence-corrected chi connectivity index (χ2v) is 5.57. The highest BCUT2D eigenvalue weighted by Gasteiger charge is 2.20. The van der Waals surface area contributed by atoms with Gasteiger partial charge in [-0.2, -0.15) is 0 Å². The van der Waals surface area contributed by atoms with E-state index in [2.05, 4.69) is 5.32 Å². The Balaban J connectivity index is 0.00000200. The van der Waals surface area contributed by atoms with Gasteiger partial charge in [-0.3, -0.25) is 9.59 Å². The average Bonchev–Trinajstić information content (AvgIpc) is 2.43. The van der Waals surface area contributed by atoms with Gasteiger partial charge in [0.2, 0.25) is 5.91 Å². The fourth-order valence-corrected chi connectivity index (χ4v) is 2.57. The number of anilines is 1. The summed E-state index contributed by atoms with van der Waals surface area (Å²) in [7, 11) is 1.73. The van der Waals surface area contributed by atoms with E-state index in [-0.39, 0.29) is 30.3 Å². The van der Waals surface area contributed by atoms with E-state index >= 15 is 0 Å². The SMILES string of the molecule is CC(CN)N(C)C(=O)c1ccc2c(c1)NC(=O)CS2.Cl. The lowest BCUT2D eigenvalue weighted by Crippen LogP contribution is -2.39. The quantitative estimate of drug-likeness (QED) is 0.888. The van der Waals surface area contributed by atoms with Crippen LogP contribution in [0.2, 0.25) is 0 Å². The summed E-state index contributed by atoms with van der Waals surface area (Å²) in [6.07, 6.45) is 0. The Morgan fingerprint density at radius 2 is 2.25 bits per heavy atom. The van der Waals surface area contributed by atoms with Crippen LogP contribution in [0, 0.1) is 0 Å². The summed E-state index contributed by atoms with van der Waals surface area (Å²) in [6.45, 7) is 2.31. The maximum Gasteiger partial charge on any atom is 0.253 e. The van der Waals surface area contributed by atoms with Crippen LogP contribution in [0.5, 0.6) is 0 Å². The van der Waals surface area contributed by atoms with Crippen molar-refractivity contribution in [1.82, 2.24) is 4.90 Å². The van der Waals surface area contributed by atoms with Crippen molar-refractivity contribution in [2.45, 2.75) is 17.9 Å². The molecule has 1 aromatic rings. The maximum absolute atomic E-state index is 12.3. The number of nitrogens with two attached hydrogens (primary N) is 1. The van der Waals surface area contributed by atoms with Crippen molar-refractivity contribution >= 4 is 41.7 Å². The van der Waals surface area contributed by atoms with Crippen LogP contribution in [-0.2, 0) is 4.79 Å². The monoisotopic (exact) mass is 315 g/mol. The second-order valence-electron chi connectivity index (χ2n) is 4.55. The number of carbonyl (C=O) groups is 2. The molecule has 0 bridgehead atoms. The van der Waals surface area contributed by atoms with E-state index in [0.717, 1.165) is 4.90 Å². The lowest BCUT2D eigenvalue weighted by atomic mass is 10.1. The van der Waals surface area contributed by atoms with Crippen LogP contribution in [0.15, 0.2) is 23.1 Å². The second kappa shape index (κ2) is 6.97. The van der Waals surface area contributed by atoms with Crippen LogP contribution in [0.4, 0.5) is 5.69 Å². The van der Waals surface area contributed by atoms with Gasteiger partial charge in [0.1, 0.15) is 0 Å². The van der Waals surface area contributed by atoms with Gasteiger partial charge in [-0.25, -0.2) is 0 Å². The third-order valence-electron chi connectivity index (χ3n) is 3.18. The predicted molar refractivity (Wildman–Crippen MR) is 83.7 cm³/mol. The zero-order chi connectivity index (χ0) is 14.0. The molecular weight excluding hydrogens is 298 g/mol. The van der Waals surface area contributed by atoms with Crippen LogP contribution < -0.4 is 11.1 Å². The minimum absolute atomic E-state index is 0. The summed E-state index contributed by atoms with van der Waals surface area (Å²) in [4.78, 5) is 26.2. The molecule has 1 aliphatic heterocycles. The molecule has 1 atom stereocenters. The number of amides is 2. The number of hydrogen-bond donors (Lipinski definition) is 2. The van der Waals surface area contributed by atoms with Crippen molar-refractivity contribution in [1.29, 1.82) is 0 Å². The van der Waals surface area contributed by atoms with Crippen molar-refractivity contribution in [3.05, 3.63) is 23.8 Å². The third kappa shape index (κ3) is 3.45. The minimum Gasteiger partial charge on any atom is -0.338 e. The summed E-state index contributed by atoms with van der Waals surface area (Å²) >= 11 is 1.48. The average molecular weight is 316 g/mol. The molecule has 1 aliphatic rings. The smallest absolute Gasteiger partial charge is 0.253 e. The van der Waals surface area contributed by atoms with Gasteiger partial charge in [-0.15, -0.1) is 24.2 Å². The molecule has 7 heteroatoms. The lowest BCUT2D eigenvalue weighted by molar-refractivity contribution is -0.113. The first kappa shape index (κ1) is 16.8. The van der Waals surface area contributed by atoms with Crippen LogP contribution in [0.3, 0.4) is 0 Å². The number of fused-ring (bicyclic) bond motifs is 1. The fraction of sp³-hybridized carbons (Fsp3) is 0.385. The molecule has 0 saturated heterocycles. The zero-order valence-electron chi connectivity index (χ0n) is 11.4. The molecule has 1 aromatic carbocycles. The molecule has 1 heterocycles. The highest BCUT2D eigenvalue weighted by atomic mass is 35.5. The molecule has 0 spiro atoms. The zero-order valence-corrected chi connectivity index (χ0v) is 13.0. The van der Waals surface area contributed by atoms with E-state index in [1.54, 1.807) is 24.1 Å². The standard InChI is InChI=1S/C13H17N3O2S.ClH/c1-8(6-14)16(2)13(18)9-3-4-11-10(5-9)15-12(17)7-19-11;/h3-5,8H,6-7,14H2,1-2H3,(H,15,17);1H. The van der Waals surface area contributed by atoms with E-state index in [4.69, 9.17) is 5.73 Å². The molecule has 0 radical (unpaired) electrons. The summed E-state index contributed by atoms with van der Waals surface area (Å²) in [6, 6.07) is 5.35. The number of rotatable bonds is 3. The van der Waals surface area contributed by atoms with E-state index in [1.165, 1.54) is 11.8 Å². The fourth-order valence-electron chi connectivity index (χ4n) is 1.78. The Bertz CT molecular complexity index is 524.